The number of amides is 1. The number of pyridine rings is 1. The van der Waals surface area contributed by atoms with E-state index in [9.17, 15) is 9.90 Å². The Balaban J connectivity index is 2.19. The summed E-state index contributed by atoms with van der Waals surface area (Å²) in [6, 6.07) is 3.08. The Morgan fingerprint density at radius 3 is 2.94 bits per heavy atom. The summed E-state index contributed by atoms with van der Waals surface area (Å²) in [5.41, 5.74) is 6.16. The zero-order chi connectivity index (χ0) is 13.3. The molecule has 1 fully saturated rings. The first-order chi connectivity index (χ1) is 8.43. The lowest BCUT2D eigenvalue weighted by Gasteiger charge is -2.27. The summed E-state index contributed by atoms with van der Waals surface area (Å²) in [4.78, 5) is 16.4. The van der Waals surface area contributed by atoms with E-state index in [4.69, 9.17) is 5.73 Å². The van der Waals surface area contributed by atoms with Crippen molar-refractivity contribution in [2.45, 2.75) is 39.2 Å². The summed E-state index contributed by atoms with van der Waals surface area (Å²) in [5.74, 6) is 0.0188. The second kappa shape index (κ2) is 4.57. The van der Waals surface area contributed by atoms with Gasteiger partial charge in [0.25, 0.3) is 0 Å². The van der Waals surface area contributed by atoms with Crippen LogP contribution in [0.15, 0.2) is 12.1 Å². The van der Waals surface area contributed by atoms with Gasteiger partial charge >= 0.3 is 0 Å². The van der Waals surface area contributed by atoms with Crippen LogP contribution in [0, 0.1) is 12.3 Å². The Morgan fingerprint density at radius 1 is 1.61 bits per heavy atom. The van der Waals surface area contributed by atoms with Gasteiger partial charge in [-0.2, -0.15) is 0 Å². The lowest BCUT2D eigenvalue weighted by atomic mass is 9.84. The van der Waals surface area contributed by atoms with Crippen molar-refractivity contribution in [3.8, 4) is 5.75 Å². The average molecular weight is 249 g/mol. The molecule has 5 nitrogen and oxygen atoms in total. The molecule has 2 unspecified atom stereocenters. The molecule has 0 bridgehead atoms. The van der Waals surface area contributed by atoms with Crippen molar-refractivity contribution in [2.24, 2.45) is 11.1 Å². The second-order valence-electron chi connectivity index (χ2n) is 5.19. The number of anilines is 1. The summed E-state index contributed by atoms with van der Waals surface area (Å²) in [5, 5.41) is 12.4. The first-order valence-corrected chi connectivity index (χ1v) is 6.17. The van der Waals surface area contributed by atoms with Gasteiger partial charge in [0, 0.05) is 11.7 Å². The van der Waals surface area contributed by atoms with E-state index in [1.165, 1.54) is 6.07 Å². The number of carbonyl (C=O) groups is 1. The molecule has 1 amide bonds. The van der Waals surface area contributed by atoms with Crippen molar-refractivity contribution < 1.29 is 9.90 Å². The highest BCUT2D eigenvalue weighted by molar-refractivity contribution is 5.96. The van der Waals surface area contributed by atoms with E-state index in [0.717, 1.165) is 25.0 Å². The first kappa shape index (κ1) is 12.8. The van der Waals surface area contributed by atoms with Crippen LogP contribution in [-0.2, 0) is 4.79 Å². The molecule has 1 aliphatic carbocycles. The molecule has 98 valence electrons. The molecule has 5 heteroatoms. The van der Waals surface area contributed by atoms with Crippen molar-refractivity contribution in [2.75, 3.05) is 5.32 Å². The normalized spacial score (nSPS) is 27.2. The van der Waals surface area contributed by atoms with E-state index in [-0.39, 0.29) is 23.5 Å². The fourth-order valence-electron chi connectivity index (χ4n) is 2.37. The van der Waals surface area contributed by atoms with Crippen LogP contribution in [0.2, 0.25) is 0 Å². The molecule has 4 N–H and O–H groups in total. The number of rotatable bonds is 2. The highest BCUT2D eigenvalue weighted by Crippen LogP contribution is 2.38. The molecular formula is C13H19N3O2. The fraction of sp³-hybridized carbons (Fsp3) is 0.538. The Labute approximate surface area is 106 Å². The summed E-state index contributed by atoms with van der Waals surface area (Å²) < 4.78 is 0. The number of hydrogen-bond acceptors (Lipinski definition) is 4. The molecule has 2 rings (SSSR count). The van der Waals surface area contributed by atoms with Gasteiger partial charge in [-0.25, -0.2) is 4.98 Å². The molecule has 1 aliphatic rings. The lowest BCUT2D eigenvalue weighted by molar-refractivity contribution is -0.125. The van der Waals surface area contributed by atoms with E-state index in [1.54, 1.807) is 13.0 Å². The smallest absolute Gasteiger partial charge is 0.233 e. The van der Waals surface area contributed by atoms with Crippen LogP contribution in [-0.4, -0.2) is 22.0 Å². The zero-order valence-corrected chi connectivity index (χ0v) is 10.7. The van der Waals surface area contributed by atoms with E-state index in [0.29, 0.717) is 0 Å². The standard InChI is InChI=1S/C13H19N3O2/c1-8-5-6-9(17)11(15-8)16-12(18)13(2)7-3-4-10(13)14/h5-6,10,17H,3-4,7,14H2,1-2H3,(H,15,16,18). The Kier molecular flexibility index (Phi) is 3.26. The molecule has 1 saturated carbocycles. The van der Waals surface area contributed by atoms with E-state index < -0.39 is 5.41 Å². The Bertz CT molecular complexity index is 475. The minimum Gasteiger partial charge on any atom is -0.504 e. The molecule has 0 aliphatic heterocycles. The summed E-state index contributed by atoms with van der Waals surface area (Å²) >= 11 is 0. The Morgan fingerprint density at radius 2 is 2.33 bits per heavy atom. The molecule has 0 spiro atoms. The number of hydrogen-bond donors (Lipinski definition) is 3. The molecular weight excluding hydrogens is 230 g/mol. The van der Waals surface area contributed by atoms with Crippen molar-refractivity contribution in [3.63, 3.8) is 0 Å². The summed E-state index contributed by atoms with van der Waals surface area (Å²) in [6.07, 6.45) is 2.59. The number of aromatic nitrogens is 1. The van der Waals surface area contributed by atoms with Gasteiger partial charge in [0.1, 0.15) is 0 Å². The zero-order valence-electron chi connectivity index (χ0n) is 10.7. The largest absolute Gasteiger partial charge is 0.504 e. The average Bonchev–Trinajstić information content (AvgIpc) is 2.66. The van der Waals surface area contributed by atoms with Crippen molar-refractivity contribution in [1.82, 2.24) is 4.98 Å². The molecule has 1 aromatic rings. The van der Waals surface area contributed by atoms with Gasteiger partial charge in [-0.15, -0.1) is 0 Å². The number of nitrogens with one attached hydrogen (secondary N) is 1. The summed E-state index contributed by atoms with van der Waals surface area (Å²) in [7, 11) is 0. The van der Waals surface area contributed by atoms with Gasteiger partial charge < -0.3 is 16.2 Å². The van der Waals surface area contributed by atoms with Crippen molar-refractivity contribution >= 4 is 11.7 Å². The lowest BCUT2D eigenvalue weighted by Crippen LogP contribution is -2.44. The molecule has 0 saturated heterocycles. The molecule has 1 heterocycles. The number of nitrogens with zero attached hydrogens (tertiary/aromatic N) is 1. The maximum absolute atomic E-state index is 12.3. The molecule has 2 atom stereocenters. The van der Waals surface area contributed by atoms with Gasteiger partial charge in [-0.1, -0.05) is 6.42 Å². The van der Waals surface area contributed by atoms with Gasteiger partial charge in [-0.05, 0) is 38.8 Å². The first-order valence-electron chi connectivity index (χ1n) is 6.17. The third-order valence-corrected chi connectivity index (χ3v) is 3.79. The minimum atomic E-state index is -0.572. The van der Waals surface area contributed by atoms with Crippen LogP contribution in [0.5, 0.6) is 5.75 Å². The molecule has 0 radical (unpaired) electrons. The predicted molar refractivity (Wildman–Crippen MR) is 69.2 cm³/mol. The monoisotopic (exact) mass is 249 g/mol. The number of aromatic hydroxyl groups is 1. The van der Waals surface area contributed by atoms with Crippen LogP contribution >= 0.6 is 0 Å². The van der Waals surface area contributed by atoms with Gasteiger partial charge in [0.15, 0.2) is 11.6 Å². The number of nitrogens with two attached hydrogens (primary N) is 1. The van der Waals surface area contributed by atoms with Gasteiger partial charge in [0.05, 0.1) is 5.41 Å². The van der Waals surface area contributed by atoms with Crippen LogP contribution in [0.25, 0.3) is 0 Å². The third-order valence-electron chi connectivity index (χ3n) is 3.79. The van der Waals surface area contributed by atoms with E-state index >= 15 is 0 Å². The number of carbonyl (C=O) groups excluding carboxylic acids is 1. The molecule has 1 aromatic heterocycles. The van der Waals surface area contributed by atoms with Crippen LogP contribution < -0.4 is 11.1 Å². The maximum atomic E-state index is 12.3. The SMILES string of the molecule is Cc1ccc(O)c(NC(=O)C2(C)CCCC2N)n1. The second-order valence-corrected chi connectivity index (χ2v) is 5.19. The molecule has 18 heavy (non-hydrogen) atoms. The van der Waals surface area contributed by atoms with Crippen LogP contribution in [0.1, 0.15) is 31.9 Å². The topological polar surface area (TPSA) is 88.2 Å². The van der Waals surface area contributed by atoms with Gasteiger partial charge in [-0.3, -0.25) is 4.79 Å². The quantitative estimate of drug-likeness (QED) is 0.742. The highest BCUT2D eigenvalue weighted by atomic mass is 16.3. The predicted octanol–water partition coefficient (Wildman–Crippen LogP) is 1.55. The van der Waals surface area contributed by atoms with Crippen LogP contribution in [0.4, 0.5) is 5.82 Å². The maximum Gasteiger partial charge on any atom is 0.233 e. The Hall–Kier alpha value is -1.62. The van der Waals surface area contributed by atoms with Crippen molar-refractivity contribution in [3.05, 3.63) is 17.8 Å². The minimum absolute atomic E-state index is 0.0240. The molecule has 0 aromatic carbocycles. The number of aryl methyl sites for hydroxylation is 1. The fourth-order valence-corrected chi connectivity index (χ4v) is 2.37. The van der Waals surface area contributed by atoms with Gasteiger partial charge in [0.2, 0.25) is 5.91 Å². The third kappa shape index (κ3) is 2.18. The van der Waals surface area contributed by atoms with Crippen LogP contribution in [0.3, 0.4) is 0 Å². The highest BCUT2D eigenvalue weighted by Gasteiger charge is 2.43. The van der Waals surface area contributed by atoms with E-state index in [2.05, 4.69) is 10.3 Å². The summed E-state index contributed by atoms with van der Waals surface area (Å²) in [6.45, 7) is 3.67. The van der Waals surface area contributed by atoms with Crippen molar-refractivity contribution in [1.29, 1.82) is 0 Å². The van der Waals surface area contributed by atoms with E-state index in [1.807, 2.05) is 6.92 Å².